The van der Waals surface area contributed by atoms with Crippen LogP contribution in [0.25, 0.3) is 0 Å². The van der Waals surface area contributed by atoms with E-state index in [9.17, 15) is 0 Å². The quantitative estimate of drug-likeness (QED) is 0.394. The van der Waals surface area contributed by atoms with Crippen molar-refractivity contribution in [2.75, 3.05) is 13.7 Å². The van der Waals surface area contributed by atoms with Crippen LogP contribution in [0.3, 0.4) is 0 Å². The summed E-state index contributed by atoms with van der Waals surface area (Å²) >= 11 is 0. The fraction of sp³-hybridized carbons (Fsp3) is 0.333. The first-order valence-corrected chi connectivity index (χ1v) is 2.40. The SMILES string of the molecule is C=COC[CH2-].[CH2-]N=NC.[Y]. The molecule has 0 atom stereocenters. The summed E-state index contributed by atoms with van der Waals surface area (Å²) in [7, 11) is 4.64. The van der Waals surface area contributed by atoms with E-state index in [4.69, 9.17) is 0 Å². The molecule has 0 saturated heterocycles. The van der Waals surface area contributed by atoms with E-state index in [0.717, 1.165) is 0 Å². The minimum atomic E-state index is 0. The molecule has 0 N–H and O–H groups in total. The van der Waals surface area contributed by atoms with Crippen LogP contribution in [0.1, 0.15) is 0 Å². The van der Waals surface area contributed by atoms with Crippen LogP contribution in [0, 0.1) is 14.0 Å². The van der Waals surface area contributed by atoms with Gasteiger partial charge in [0.2, 0.25) is 0 Å². The molecule has 0 aromatic rings. The van der Waals surface area contributed by atoms with Gasteiger partial charge in [0, 0.05) is 39.8 Å². The van der Waals surface area contributed by atoms with Crippen molar-refractivity contribution in [1.82, 2.24) is 0 Å². The Morgan fingerprint density at radius 3 is 2.10 bits per heavy atom. The zero-order valence-electron chi connectivity index (χ0n) is 6.29. The molecule has 3 nitrogen and oxygen atoms in total. The second-order valence-electron chi connectivity index (χ2n) is 0.879. The van der Waals surface area contributed by atoms with E-state index < -0.39 is 0 Å². The molecule has 0 unspecified atom stereocenters. The van der Waals surface area contributed by atoms with Crippen LogP contribution in [-0.2, 0) is 37.4 Å². The molecular weight excluding hydrogens is 205 g/mol. The average Bonchev–Trinajstić information content (AvgIpc) is 1.91. The number of rotatable bonds is 2. The Morgan fingerprint density at radius 1 is 1.70 bits per heavy atom. The van der Waals surface area contributed by atoms with Gasteiger partial charge in [-0.3, -0.25) is 7.05 Å². The Kier molecular flexibility index (Phi) is 38.1. The van der Waals surface area contributed by atoms with Crippen LogP contribution in [0.15, 0.2) is 23.1 Å². The van der Waals surface area contributed by atoms with Gasteiger partial charge in [-0.15, -0.1) is 0 Å². The molecule has 0 bridgehead atoms. The number of ether oxygens (including phenoxy) is 1. The summed E-state index contributed by atoms with van der Waals surface area (Å²) in [5.74, 6) is 0. The van der Waals surface area contributed by atoms with Gasteiger partial charge in [0.05, 0.1) is 6.26 Å². The predicted octanol–water partition coefficient (Wildman–Crippen LogP) is 1.84. The molecule has 57 valence electrons. The minimum absolute atomic E-state index is 0. The fourth-order valence-electron chi connectivity index (χ4n) is 0.0833. The Morgan fingerprint density at radius 2 is 2.10 bits per heavy atom. The van der Waals surface area contributed by atoms with Crippen LogP contribution < -0.4 is 0 Å². The van der Waals surface area contributed by atoms with E-state index in [1.165, 1.54) is 6.26 Å². The van der Waals surface area contributed by atoms with E-state index in [-0.39, 0.29) is 32.7 Å². The molecule has 0 aromatic carbocycles. The first-order chi connectivity index (χ1) is 4.33. The molecule has 1 radical (unpaired) electrons. The average molecular weight is 217 g/mol. The number of nitrogens with zero attached hydrogens (tertiary/aromatic N) is 2. The molecule has 0 aliphatic heterocycles. The second kappa shape index (κ2) is 22.9. The van der Waals surface area contributed by atoms with Crippen LogP contribution in [0.2, 0.25) is 0 Å². The van der Waals surface area contributed by atoms with Gasteiger partial charge in [0.25, 0.3) is 0 Å². The van der Waals surface area contributed by atoms with Gasteiger partial charge in [0.15, 0.2) is 0 Å². The predicted molar refractivity (Wildman–Crippen MR) is 37.6 cm³/mol. The van der Waals surface area contributed by atoms with Crippen molar-refractivity contribution < 1.29 is 37.4 Å². The summed E-state index contributed by atoms with van der Waals surface area (Å²) in [5, 5.41) is 6.36. The van der Waals surface area contributed by atoms with Crippen molar-refractivity contribution in [3.8, 4) is 0 Å². The fourth-order valence-corrected chi connectivity index (χ4v) is 0.0833. The standard InChI is InChI=1S/C4H7O.C2H5N2.Y/c1-3-5-4-2;1-3-4-2;/h3H,1-2,4H2;1H2,2H3;/q2*-1;. The van der Waals surface area contributed by atoms with Gasteiger partial charge >= 0.3 is 0 Å². The van der Waals surface area contributed by atoms with E-state index in [1.54, 1.807) is 7.05 Å². The molecule has 10 heavy (non-hydrogen) atoms. The summed E-state index contributed by atoms with van der Waals surface area (Å²) in [6.45, 7) is 7.15. The Labute approximate surface area is 87.8 Å². The van der Waals surface area contributed by atoms with Crippen molar-refractivity contribution >= 4 is 0 Å². The minimum Gasteiger partial charge on any atom is -0.534 e. The molecule has 0 amide bonds. The molecule has 0 spiro atoms. The van der Waals surface area contributed by atoms with Gasteiger partial charge in [-0.25, -0.2) is 5.11 Å². The number of hydrogen-bond acceptors (Lipinski definition) is 3. The summed E-state index contributed by atoms with van der Waals surface area (Å²) in [5.41, 5.74) is 0. The van der Waals surface area contributed by atoms with Crippen LogP contribution in [0.5, 0.6) is 0 Å². The maximum Gasteiger partial charge on any atom is 0.0716 e. The molecule has 4 heteroatoms. The molecule has 0 aliphatic carbocycles. The Bertz CT molecular complexity index is 72.1. The first-order valence-electron chi connectivity index (χ1n) is 2.40. The zero-order chi connectivity index (χ0) is 7.54. The zero-order valence-corrected chi connectivity index (χ0v) is 9.12. The normalized spacial score (nSPS) is 7.00. The van der Waals surface area contributed by atoms with E-state index in [0.29, 0.717) is 6.61 Å². The van der Waals surface area contributed by atoms with E-state index >= 15 is 0 Å². The van der Waals surface area contributed by atoms with Crippen molar-refractivity contribution in [2.45, 2.75) is 0 Å². The third-order valence-corrected chi connectivity index (χ3v) is 0.377. The van der Waals surface area contributed by atoms with E-state index in [1.807, 2.05) is 0 Å². The molecule has 0 saturated carbocycles. The van der Waals surface area contributed by atoms with Crippen molar-refractivity contribution in [2.24, 2.45) is 10.2 Å². The van der Waals surface area contributed by atoms with Gasteiger partial charge < -0.3 is 16.8 Å². The largest absolute Gasteiger partial charge is 0.534 e. The maximum absolute atomic E-state index is 4.49. The molecule has 0 rings (SSSR count). The number of azo groups is 1. The summed E-state index contributed by atoms with van der Waals surface area (Å²) in [4.78, 5) is 0. The van der Waals surface area contributed by atoms with Crippen molar-refractivity contribution in [3.05, 3.63) is 26.8 Å². The van der Waals surface area contributed by atoms with Crippen molar-refractivity contribution in [1.29, 1.82) is 0 Å². The summed E-state index contributed by atoms with van der Waals surface area (Å²) in [6, 6.07) is 0. The second-order valence-corrected chi connectivity index (χ2v) is 0.879. The molecule has 0 aliphatic rings. The Hall–Kier alpha value is 0.114. The first kappa shape index (κ1) is 16.6. The third-order valence-electron chi connectivity index (χ3n) is 0.377. The Balaban J connectivity index is -0.0000000910. The summed E-state index contributed by atoms with van der Waals surface area (Å²) in [6.07, 6.45) is 1.37. The number of hydrogen-bond donors (Lipinski definition) is 0. The van der Waals surface area contributed by atoms with E-state index in [2.05, 4.69) is 35.5 Å². The summed E-state index contributed by atoms with van der Waals surface area (Å²) < 4.78 is 4.49. The van der Waals surface area contributed by atoms with Gasteiger partial charge in [-0.1, -0.05) is 6.58 Å². The molecule has 0 heterocycles. The van der Waals surface area contributed by atoms with Gasteiger partial charge in [-0.2, -0.15) is 0 Å². The van der Waals surface area contributed by atoms with Crippen LogP contribution >= 0.6 is 0 Å². The third kappa shape index (κ3) is 42.3. The topological polar surface area (TPSA) is 34.0 Å². The monoisotopic (exact) mass is 217 g/mol. The van der Waals surface area contributed by atoms with Crippen LogP contribution in [0.4, 0.5) is 0 Å². The molecule has 0 fully saturated rings. The van der Waals surface area contributed by atoms with Crippen molar-refractivity contribution in [3.63, 3.8) is 0 Å². The van der Waals surface area contributed by atoms with Gasteiger partial charge in [-0.05, 0) is 6.61 Å². The molecule has 0 aromatic heterocycles. The smallest absolute Gasteiger partial charge is 0.0716 e. The van der Waals surface area contributed by atoms with Crippen LogP contribution in [-0.4, -0.2) is 13.7 Å². The maximum atomic E-state index is 4.49. The molecular formula is C6H12N2OY-2. The van der Waals surface area contributed by atoms with Gasteiger partial charge in [0.1, 0.15) is 0 Å².